The van der Waals surface area contributed by atoms with Crippen LogP contribution in [0.4, 0.5) is 11.4 Å². The maximum absolute atomic E-state index is 11.2. The summed E-state index contributed by atoms with van der Waals surface area (Å²) in [5, 5.41) is 4.11. The van der Waals surface area contributed by atoms with Crippen LogP contribution in [0.3, 0.4) is 0 Å². The number of primary amides is 1. The number of thioether (sulfide) groups is 1. The summed E-state index contributed by atoms with van der Waals surface area (Å²) >= 11 is 1.99. The van der Waals surface area contributed by atoms with E-state index in [2.05, 4.69) is 12.2 Å². The zero-order chi connectivity index (χ0) is 13.8. The molecule has 0 aromatic heterocycles. The molecule has 2 atom stereocenters. The second-order valence-corrected chi connectivity index (χ2v) is 6.36. The second-order valence-electron chi connectivity index (χ2n) is 4.84. The number of hydrogen-bond donors (Lipinski definition) is 3. The summed E-state index contributed by atoms with van der Waals surface area (Å²) < 4.78 is 0. The first-order valence-corrected chi connectivity index (χ1v) is 7.74. The van der Waals surface area contributed by atoms with E-state index < -0.39 is 5.91 Å². The fourth-order valence-corrected chi connectivity index (χ4v) is 3.74. The third-order valence-corrected chi connectivity index (χ3v) is 4.84. The predicted molar refractivity (Wildman–Crippen MR) is 82.6 cm³/mol. The highest BCUT2D eigenvalue weighted by Crippen LogP contribution is 2.33. The Labute approximate surface area is 118 Å². The highest BCUT2D eigenvalue weighted by Gasteiger charge is 2.27. The van der Waals surface area contributed by atoms with Gasteiger partial charge in [-0.3, -0.25) is 4.79 Å². The number of rotatable bonds is 5. The van der Waals surface area contributed by atoms with Gasteiger partial charge in [0.2, 0.25) is 5.91 Å². The average molecular weight is 279 g/mol. The smallest absolute Gasteiger partial charge is 0.248 e. The second kappa shape index (κ2) is 6.19. The van der Waals surface area contributed by atoms with Crippen LogP contribution in [0.5, 0.6) is 0 Å². The summed E-state index contributed by atoms with van der Waals surface area (Å²) in [7, 11) is 0. The van der Waals surface area contributed by atoms with Crippen LogP contribution in [-0.2, 0) is 0 Å². The summed E-state index contributed by atoms with van der Waals surface area (Å²) in [6.45, 7) is 2.18. The van der Waals surface area contributed by atoms with E-state index >= 15 is 0 Å². The van der Waals surface area contributed by atoms with Crippen molar-refractivity contribution in [2.45, 2.75) is 37.5 Å². The molecule has 2 unspecified atom stereocenters. The van der Waals surface area contributed by atoms with E-state index in [1.807, 2.05) is 11.8 Å². The molecule has 1 aromatic rings. The van der Waals surface area contributed by atoms with Gasteiger partial charge in [-0.2, -0.15) is 11.8 Å². The summed E-state index contributed by atoms with van der Waals surface area (Å²) in [5.41, 5.74) is 13.3. The molecule has 0 aliphatic heterocycles. The molecule has 4 nitrogen and oxygen atoms in total. The van der Waals surface area contributed by atoms with Crippen LogP contribution in [0.1, 0.15) is 36.5 Å². The van der Waals surface area contributed by atoms with Crippen molar-refractivity contribution in [2.75, 3.05) is 16.8 Å². The fraction of sp³-hybridized carbons (Fsp3) is 0.500. The predicted octanol–water partition coefficient (Wildman–Crippen LogP) is 2.45. The largest absolute Gasteiger partial charge is 0.397 e. The third-order valence-electron chi connectivity index (χ3n) is 3.51. The number of hydrogen-bond acceptors (Lipinski definition) is 4. The summed E-state index contributed by atoms with van der Waals surface area (Å²) in [4.78, 5) is 11.2. The number of benzene rings is 1. The van der Waals surface area contributed by atoms with Gasteiger partial charge in [-0.25, -0.2) is 0 Å². The first-order chi connectivity index (χ1) is 9.11. The number of amides is 1. The maximum Gasteiger partial charge on any atom is 0.248 e. The van der Waals surface area contributed by atoms with Gasteiger partial charge in [0.25, 0.3) is 0 Å². The first-order valence-electron chi connectivity index (χ1n) is 6.69. The highest BCUT2D eigenvalue weighted by molar-refractivity contribution is 7.99. The molecular formula is C14H21N3OS. The normalized spacial score (nSPS) is 22.4. The lowest BCUT2D eigenvalue weighted by molar-refractivity contribution is 0.100. The van der Waals surface area contributed by atoms with Crippen molar-refractivity contribution in [3.05, 3.63) is 23.8 Å². The van der Waals surface area contributed by atoms with E-state index in [9.17, 15) is 4.79 Å². The molecule has 104 valence electrons. The Bertz CT molecular complexity index is 464. The summed E-state index contributed by atoms with van der Waals surface area (Å²) in [5.74, 6) is 0.702. The monoisotopic (exact) mass is 279 g/mol. The van der Waals surface area contributed by atoms with Crippen molar-refractivity contribution in [1.29, 1.82) is 0 Å². The van der Waals surface area contributed by atoms with Crippen LogP contribution in [0.2, 0.25) is 0 Å². The molecule has 2 rings (SSSR count). The van der Waals surface area contributed by atoms with Crippen molar-refractivity contribution in [3.8, 4) is 0 Å². The molecule has 0 spiro atoms. The third kappa shape index (κ3) is 3.35. The van der Waals surface area contributed by atoms with Crippen LogP contribution in [0.15, 0.2) is 18.2 Å². The van der Waals surface area contributed by atoms with Crippen molar-refractivity contribution in [3.63, 3.8) is 0 Å². The Balaban J connectivity index is 2.13. The van der Waals surface area contributed by atoms with Gasteiger partial charge in [0.15, 0.2) is 0 Å². The van der Waals surface area contributed by atoms with Crippen LogP contribution in [-0.4, -0.2) is 23.0 Å². The Kier molecular flexibility index (Phi) is 4.58. The topological polar surface area (TPSA) is 81.1 Å². The number of carbonyl (C=O) groups excluding carboxylic acids is 1. The lowest BCUT2D eigenvalue weighted by Gasteiger charge is -2.22. The lowest BCUT2D eigenvalue weighted by atomic mass is 10.1. The molecule has 0 heterocycles. The minimum absolute atomic E-state index is 0.422. The van der Waals surface area contributed by atoms with E-state index in [-0.39, 0.29) is 0 Å². The van der Waals surface area contributed by atoms with Crippen LogP contribution >= 0.6 is 11.8 Å². The van der Waals surface area contributed by atoms with Crippen molar-refractivity contribution in [1.82, 2.24) is 0 Å². The molecule has 1 aliphatic carbocycles. The quantitative estimate of drug-likeness (QED) is 0.723. The van der Waals surface area contributed by atoms with Crippen LogP contribution < -0.4 is 16.8 Å². The zero-order valence-corrected chi connectivity index (χ0v) is 12.0. The molecule has 1 saturated carbocycles. The van der Waals surface area contributed by atoms with Crippen LogP contribution in [0.25, 0.3) is 0 Å². The fourth-order valence-electron chi connectivity index (χ4n) is 2.54. The Morgan fingerprint density at radius 2 is 2.26 bits per heavy atom. The lowest BCUT2D eigenvalue weighted by Crippen LogP contribution is -2.27. The van der Waals surface area contributed by atoms with E-state index in [1.165, 1.54) is 12.8 Å². The molecule has 1 aliphatic rings. The molecular weight excluding hydrogens is 258 g/mol. The number of nitrogens with one attached hydrogen (secondary N) is 1. The van der Waals surface area contributed by atoms with Crippen molar-refractivity contribution in [2.24, 2.45) is 5.73 Å². The number of carbonyl (C=O) groups is 1. The van der Waals surface area contributed by atoms with Crippen molar-refractivity contribution >= 4 is 29.0 Å². The minimum atomic E-state index is -0.422. The summed E-state index contributed by atoms with van der Waals surface area (Å²) in [6, 6.07) is 5.58. The van der Waals surface area contributed by atoms with Gasteiger partial charge < -0.3 is 16.8 Å². The van der Waals surface area contributed by atoms with Gasteiger partial charge >= 0.3 is 0 Å². The van der Waals surface area contributed by atoms with Gasteiger partial charge in [-0.15, -0.1) is 0 Å². The standard InChI is InChI=1S/C14H21N3OS/c1-2-19-13-5-3-4-11(13)17-12-8-9(14(16)18)6-7-10(12)15/h6-8,11,13,17H,2-5,15H2,1H3,(H2,16,18). The Hall–Kier alpha value is -1.36. The van der Waals surface area contributed by atoms with Gasteiger partial charge in [0, 0.05) is 16.9 Å². The van der Waals surface area contributed by atoms with E-state index in [0.29, 0.717) is 22.5 Å². The molecule has 5 heteroatoms. The molecule has 19 heavy (non-hydrogen) atoms. The summed E-state index contributed by atoms with van der Waals surface area (Å²) in [6.07, 6.45) is 3.63. The molecule has 0 saturated heterocycles. The molecule has 1 fully saturated rings. The minimum Gasteiger partial charge on any atom is -0.397 e. The highest BCUT2D eigenvalue weighted by atomic mass is 32.2. The van der Waals surface area contributed by atoms with E-state index in [0.717, 1.165) is 17.9 Å². The number of anilines is 2. The van der Waals surface area contributed by atoms with Gasteiger partial charge in [-0.05, 0) is 36.8 Å². The van der Waals surface area contributed by atoms with Gasteiger partial charge in [-0.1, -0.05) is 13.3 Å². The van der Waals surface area contributed by atoms with Gasteiger partial charge in [0.05, 0.1) is 11.4 Å². The SMILES string of the molecule is CCSC1CCCC1Nc1cc(C(N)=O)ccc1N. The molecule has 5 N–H and O–H groups in total. The average Bonchev–Trinajstić information content (AvgIpc) is 2.80. The molecule has 1 aromatic carbocycles. The van der Waals surface area contributed by atoms with Crippen LogP contribution in [0, 0.1) is 0 Å². The molecule has 0 radical (unpaired) electrons. The Morgan fingerprint density at radius 3 is 2.95 bits per heavy atom. The van der Waals surface area contributed by atoms with E-state index in [1.54, 1.807) is 18.2 Å². The molecule has 1 amide bonds. The zero-order valence-electron chi connectivity index (χ0n) is 11.2. The molecule has 0 bridgehead atoms. The van der Waals surface area contributed by atoms with Crippen molar-refractivity contribution < 1.29 is 4.79 Å². The first kappa shape index (κ1) is 14.1. The van der Waals surface area contributed by atoms with Gasteiger partial charge in [0.1, 0.15) is 0 Å². The Morgan fingerprint density at radius 1 is 1.47 bits per heavy atom. The number of nitrogens with two attached hydrogens (primary N) is 2. The maximum atomic E-state index is 11.2. The number of nitrogen functional groups attached to an aromatic ring is 1. The van der Waals surface area contributed by atoms with E-state index in [4.69, 9.17) is 11.5 Å².